The van der Waals surface area contributed by atoms with E-state index < -0.39 is 10.0 Å². The molecule has 1 saturated heterocycles. The number of hydrogen-bond donors (Lipinski definition) is 2. The summed E-state index contributed by atoms with van der Waals surface area (Å²) in [7, 11) is -3.65. The maximum absolute atomic E-state index is 13.1. The van der Waals surface area contributed by atoms with Crippen molar-refractivity contribution in [2.45, 2.75) is 11.8 Å². The Morgan fingerprint density at radius 3 is 2.59 bits per heavy atom. The first-order chi connectivity index (χ1) is 13.9. The van der Waals surface area contributed by atoms with Crippen LogP contribution in [-0.4, -0.2) is 58.8 Å². The third-order valence-corrected chi connectivity index (χ3v) is 7.95. The van der Waals surface area contributed by atoms with Gasteiger partial charge in [0, 0.05) is 31.1 Å². The third-order valence-electron chi connectivity index (χ3n) is 5.09. The second-order valence-corrected chi connectivity index (χ2v) is 10.1. The van der Waals surface area contributed by atoms with E-state index in [9.17, 15) is 13.2 Å². The molecule has 0 atom stereocenters. The SMILES string of the molecule is Cc1cc2c(N3CCN(S(=O)(=O)c4ccc5[nH]c(=O)[nH]c5c4)CC3)ncnc2s1. The molecule has 29 heavy (non-hydrogen) atoms. The number of aromatic nitrogens is 4. The minimum Gasteiger partial charge on any atom is -0.353 e. The summed E-state index contributed by atoms with van der Waals surface area (Å²) in [6.45, 7) is 3.85. The Balaban J connectivity index is 1.39. The molecule has 1 fully saturated rings. The zero-order chi connectivity index (χ0) is 20.2. The lowest BCUT2D eigenvalue weighted by molar-refractivity contribution is 0.384. The second kappa shape index (κ2) is 6.65. The number of aromatic amines is 2. The van der Waals surface area contributed by atoms with Gasteiger partial charge in [-0.05, 0) is 31.2 Å². The Kier molecular flexibility index (Phi) is 4.19. The van der Waals surface area contributed by atoms with Crippen LogP contribution in [0.2, 0.25) is 0 Å². The fourth-order valence-electron chi connectivity index (χ4n) is 3.68. The fourth-order valence-corrected chi connectivity index (χ4v) is 5.97. The summed E-state index contributed by atoms with van der Waals surface area (Å²) in [5.74, 6) is 0.850. The third kappa shape index (κ3) is 3.11. The molecule has 3 aromatic heterocycles. The number of fused-ring (bicyclic) bond motifs is 2. The highest BCUT2D eigenvalue weighted by molar-refractivity contribution is 7.89. The summed E-state index contributed by atoms with van der Waals surface area (Å²) in [6.07, 6.45) is 1.56. The monoisotopic (exact) mass is 430 g/mol. The molecule has 0 spiro atoms. The molecule has 1 aromatic carbocycles. The Labute approximate surface area is 170 Å². The molecule has 0 bridgehead atoms. The van der Waals surface area contributed by atoms with Gasteiger partial charge in [0.25, 0.3) is 0 Å². The molecule has 0 aliphatic carbocycles. The van der Waals surface area contributed by atoms with Crippen LogP contribution < -0.4 is 10.6 Å². The van der Waals surface area contributed by atoms with E-state index in [2.05, 4.69) is 30.9 Å². The van der Waals surface area contributed by atoms with Crippen molar-refractivity contribution in [3.8, 4) is 0 Å². The van der Waals surface area contributed by atoms with Crippen LogP contribution in [0, 0.1) is 6.92 Å². The van der Waals surface area contributed by atoms with Gasteiger partial charge in [-0.15, -0.1) is 11.3 Å². The molecule has 4 aromatic rings. The minimum absolute atomic E-state index is 0.173. The van der Waals surface area contributed by atoms with Gasteiger partial charge in [0.2, 0.25) is 10.0 Å². The average Bonchev–Trinajstić information content (AvgIpc) is 3.27. The van der Waals surface area contributed by atoms with E-state index in [4.69, 9.17) is 0 Å². The van der Waals surface area contributed by atoms with Crippen LogP contribution in [0.5, 0.6) is 0 Å². The fraction of sp³-hybridized carbons (Fsp3) is 0.278. The number of anilines is 1. The van der Waals surface area contributed by atoms with Crippen molar-refractivity contribution >= 4 is 48.4 Å². The number of imidazole rings is 1. The topological polar surface area (TPSA) is 115 Å². The van der Waals surface area contributed by atoms with E-state index in [1.165, 1.54) is 21.3 Å². The molecule has 11 heteroatoms. The predicted octanol–water partition coefficient (Wildman–Crippen LogP) is 1.68. The number of piperazine rings is 1. The molecule has 150 valence electrons. The number of benzene rings is 1. The number of hydrogen-bond acceptors (Lipinski definition) is 7. The van der Waals surface area contributed by atoms with Crippen molar-refractivity contribution in [3.63, 3.8) is 0 Å². The smallest absolute Gasteiger partial charge is 0.323 e. The van der Waals surface area contributed by atoms with E-state index in [-0.39, 0.29) is 10.6 Å². The zero-order valence-electron chi connectivity index (χ0n) is 15.5. The standard InChI is InChI=1S/C18H18N6O3S2/c1-11-8-13-16(19-10-20-17(13)28-11)23-4-6-24(7-5-23)29(26,27)12-2-3-14-15(9-12)22-18(25)21-14/h2-3,8-10H,4-7H2,1H3,(H2,21,22,25). The molecule has 2 N–H and O–H groups in total. The molecule has 0 saturated carbocycles. The molecule has 0 radical (unpaired) electrons. The first-order valence-corrected chi connectivity index (χ1v) is 11.4. The van der Waals surface area contributed by atoms with E-state index in [1.54, 1.807) is 23.7 Å². The van der Waals surface area contributed by atoms with Crippen LogP contribution in [-0.2, 0) is 10.0 Å². The highest BCUT2D eigenvalue weighted by Gasteiger charge is 2.30. The van der Waals surface area contributed by atoms with Crippen LogP contribution >= 0.6 is 11.3 Å². The van der Waals surface area contributed by atoms with Gasteiger partial charge < -0.3 is 14.9 Å². The molecule has 0 amide bonds. The van der Waals surface area contributed by atoms with Crippen LogP contribution in [0.25, 0.3) is 21.3 Å². The van der Waals surface area contributed by atoms with Crippen LogP contribution in [0.15, 0.2) is 40.3 Å². The quantitative estimate of drug-likeness (QED) is 0.511. The lowest BCUT2D eigenvalue weighted by Crippen LogP contribution is -2.49. The Hall–Kier alpha value is -2.76. The van der Waals surface area contributed by atoms with Gasteiger partial charge in [-0.3, -0.25) is 0 Å². The predicted molar refractivity (Wildman–Crippen MR) is 112 cm³/mol. The van der Waals surface area contributed by atoms with Crippen LogP contribution in [0.3, 0.4) is 0 Å². The summed E-state index contributed by atoms with van der Waals surface area (Å²) in [4.78, 5) is 29.8. The maximum atomic E-state index is 13.1. The number of sulfonamides is 1. The van der Waals surface area contributed by atoms with E-state index in [0.717, 1.165) is 16.0 Å². The van der Waals surface area contributed by atoms with Crippen LogP contribution in [0.1, 0.15) is 4.88 Å². The number of aryl methyl sites for hydroxylation is 1. The Morgan fingerprint density at radius 2 is 1.79 bits per heavy atom. The first-order valence-electron chi connectivity index (χ1n) is 9.10. The van der Waals surface area contributed by atoms with Gasteiger partial charge in [-0.1, -0.05) is 0 Å². The number of H-pyrrole nitrogens is 2. The molecule has 5 rings (SSSR count). The normalized spacial score (nSPS) is 16.1. The molecular weight excluding hydrogens is 412 g/mol. The largest absolute Gasteiger partial charge is 0.353 e. The van der Waals surface area contributed by atoms with Crippen molar-refractivity contribution in [3.05, 3.63) is 46.0 Å². The minimum atomic E-state index is -3.65. The van der Waals surface area contributed by atoms with Crippen molar-refractivity contribution in [2.24, 2.45) is 0 Å². The summed E-state index contributed by atoms with van der Waals surface area (Å²) < 4.78 is 27.6. The summed E-state index contributed by atoms with van der Waals surface area (Å²) >= 11 is 1.62. The van der Waals surface area contributed by atoms with E-state index >= 15 is 0 Å². The maximum Gasteiger partial charge on any atom is 0.323 e. The average molecular weight is 431 g/mol. The number of nitrogens with one attached hydrogen (secondary N) is 2. The lowest BCUT2D eigenvalue weighted by atomic mass is 10.3. The van der Waals surface area contributed by atoms with Gasteiger partial charge in [-0.2, -0.15) is 4.31 Å². The highest BCUT2D eigenvalue weighted by atomic mass is 32.2. The first kappa shape index (κ1) is 18.3. The van der Waals surface area contributed by atoms with Gasteiger partial charge in [0.1, 0.15) is 17.0 Å². The molecule has 9 nitrogen and oxygen atoms in total. The molecule has 4 heterocycles. The summed E-state index contributed by atoms with van der Waals surface area (Å²) in [6, 6.07) is 6.70. The Bertz CT molecular complexity index is 1380. The number of rotatable bonds is 3. The molecule has 1 aliphatic rings. The second-order valence-electron chi connectivity index (χ2n) is 6.95. The van der Waals surface area contributed by atoms with Gasteiger partial charge in [0.15, 0.2) is 0 Å². The van der Waals surface area contributed by atoms with Gasteiger partial charge in [-0.25, -0.2) is 23.2 Å². The zero-order valence-corrected chi connectivity index (χ0v) is 17.2. The van der Waals surface area contributed by atoms with Crippen molar-refractivity contribution in [1.29, 1.82) is 0 Å². The molecule has 1 aliphatic heterocycles. The Morgan fingerprint density at radius 1 is 1.03 bits per heavy atom. The van der Waals surface area contributed by atoms with Crippen LogP contribution in [0.4, 0.5) is 5.82 Å². The highest BCUT2D eigenvalue weighted by Crippen LogP contribution is 2.30. The lowest BCUT2D eigenvalue weighted by Gasteiger charge is -2.34. The van der Waals surface area contributed by atoms with Gasteiger partial charge in [0.05, 0.1) is 21.3 Å². The van der Waals surface area contributed by atoms with E-state index in [1.807, 2.05) is 6.92 Å². The molecule has 0 unspecified atom stereocenters. The number of thiophene rings is 1. The number of nitrogens with zero attached hydrogens (tertiary/aromatic N) is 4. The van der Waals surface area contributed by atoms with Crippen molar-refractivity contribution < 1.29 is 8.42 Å². The van der Waals surface area contributed by atoms with Gasteiger partial charge >= 0.3 is 5.69 Å². The molecular formula is C18H18N6O3S2. The van der Waals surface area contributed by atoms with Crippen molar-refractivity contribution in [2.75, 3.05) is 31.1 Å². The summed E-state index contributed by atoms with van der Waals surface area (Å²) in [5, 5.41) is 1.01. The van der Waals surface area contributed by atoms with E-state index in [0.29, 0.717) is 37.2 Å². The van der Waals surface area contributed by atoms with Crippen molar-refractivity contribution in [1.82, 2.24) is 24.2 Å². The summed E-state index contributed by atoms with van der Waals surface area (Å²) in [5.41, 5.74) is 0.700.